The van der Waals surface area contributed by atoms with Crippen molar-refractivity contribution in [3.63, 3.8) is 0 Å². The van der Waals surface area contributed by atoms with E-state index in [0.717, 1.165) is 22.4 Å². The van der Waals surface area contributed by atoms with Crippen molar-refractivity contribution in [2.75, 3.05) is 0 Å². The molecule has 0 fully saturated rings. The van der Waals surface area contributed by atoms with Gasteiger partial charge in [-0.3, -0.25) is 0 Å². The van der Waals surface area contributed by atoms with Crippen LogP contribution in [0.2, 0.25) is 0 Å². The zero-order valence-electron chi connectivity index (χ0n) is 8.10. The van der Waals surface area contributed by atoms with Crippen LogP contribution in [-0.2, 0) is 0 Å². The fraction of sp³-hybridized carbons (Fsp3) is 0.0909. The van der Waals surface area contributed by atoms with E-state index in [-0.39, 0.29) is 0 Å². The quantitative estimate of drug-likeness (QED) is 0.606. The molecule has 0 aliphatic rings. The first-order chi connectivity index (χ1) is 7.33. The minimum absolute atomic E-state index is 0.666. The standard InChI is InChI=1S/C11H8N2O2/c1-7-13-9-6-8(2-3-11(9)14-7)10-4-5-12-15-10/h2-6H,1H3. The molecular weight excluding hydrogens is 192 g/mol. The number of benzene rings is 1. The van der Waals surface area contributed by atoms with Crippen molar-refractivity contribution in [3.05, 3.63) is 36.4 Å². The molecule has 3 rings (SSSR count). The maximum absolute atomic E-state index is 5.38. The summed E-state index contributed by atoms with van der Waals surface area (Å²) in [5.41, 5.74) is 2.57. The predicted octanol–water partition coefficient (Wildman–Crippen LogP) is 2.79. The van der Waals surface area contributed by atoms with Gasteiger partial charge in [0.05, 0.1) is 6.20 Å². The Labute approximate surface area is 85.5 Å². The van der Waals surface area contributed by atoms with Gasteiger partial charge in [-0.25, -0.2) is 4.98 Å². The van der Waals surface area contributed by atoms with Crippen LogP contribution in [0.5, 0.6) is 0 Å². The van der Waals surface area contributed by atoms with Crippen molar-refractivity contribution in [1.29, 1.82) is 0 Å². The van der Waals surface area contributed by atoms with Crippen molar-refractivity contribution in [2.24, 2.45) is 0 Å². The zero-order valence-corrected chi connectivity index (χ0v) is 8.10. The fourth-order valence-electron chi connectivity index (χ4n) is 1.56. The zero-order chi connectivity index (χ0) is 10.3. The van der Waals surface area contributed by atoms with Gasteiger partial charge in [0.2, 0.25) is 0 Å². The summed E-state index contributed by atoms with van der Waals surface area (Å²) in [6.45, 7) is 1.83. The molecule has 1 aromatic carbocycles. The molecule has 4 nitrogen and oxygen atoms in total. The average Bonchev–Trinajstić information content (AvgIpc) is 2.82. The molecule has 15 heavy (non-hydrogen) atoms. The van der Waals surface area contributed by atoms with E-state index in [9.17, 15) is 0 Å². The molecule has 0 N–H and O–H groups in total. The summed E-state index contributed by atoms with van der Waals surface area (Å²) >= 11 is 0. The third kappa shape index (κ3) is 1.30. The van der Waals surface area contributed by atoms with Crippen LogP contribution in [-0.4, -0.2) is 10.1 Å². The molecule has 0 radical (unpaired) electrons. The molecule has 0 bridgehead atoms. The maximum atomic E-state index is 5.38. The normalized spacial score (nSPS) is 11.0. The molecular formula is C11H8N2O2. The second-order valence-corrected chi connectivity index (χ2v) is 3.29. The number of aryl methyl sites for hydroxylation is 1. The van der Waals surface area contributed by atoms with Crippen LogP contribution in [0.3, 0.4) is 0 Å². The molecule has 4 heteroatoms. The molecule has 0 atom stereocenters. The SMILES string of the molecule is Cc1nc2cc(-c3ccno3)ccc2o1. The Kier molecular flexibility index (Phi) is 1.62. The fourth-order valence-corrected chi connectivity index (χ4v) is 1.56. The van der Waals surface area contributed by atoms with Gasteiger partial charge in [-0.2, -0.15) is 0 Å². The summed E-state index contributed by atoms with van der Waals surface area (Å²) in [6, 6.07) is 7.54. The molecule has 0 saturated heterocycles. The van der Waals surface area contributed by atoms with E-state index in [2.05, 4.69) is 10.1 Å². The second kappa shape index (κ2) is 2.95. The van der Waals surface area contributed by atoms with Gasteiger partial charge in [0.1, 0.15) is 5.52 Å². The lowest BCUT2D eigenvalue weighted by Gasteiger charge is -1.93. The van der Waals surface area contributed by atoms with Gasteiger partial charge < -0.3 is 8.94 Å². The summed E-state index contributed by atoms with van der Waals surface area (Å²) in [4.78, 5) is 4.25. The largest absolute Gasteiger partial charge is 0.441 e. The number of fused-ring (bicyclic) bond motifs is 1. The second-order valence-electron chi connectivity index (χ2n) is 3.29. The van der Waals surface area contributed by atoms with E-state index in [1.165, 1.54) is 0 Å². The summed E-state index contributed by atoms with van der Waals surface area (Å²) in [6.07, 6.45) is 1.62. The smallest absolute Gasteiger partial charge is 0.192 e. The van der Waals surface area contributed by atoms with Crippen LogP contribution in [0.4, 0.5) is 0 Å². The minimum atomic E-state index is 0.666. The van der Waals surface area contributed by atoms with Gasteiger partial charge in [-0.1, -0.05) is 5.16 Å². The van der Waals surface area contributed by atoms with Crippen LogP contribution in [0.15, 0.2) is 39.4 Å². The van der Waals surface area contributed by atoms with Crippen LogP contribution < -0.4 is 0 Å². The lowest BCUT2D eigenvalue weighted by atomic mass is 10.1. The highest BCUT2D eigenvalue weighted by Gasteiger charge is 2.06. The van der Waals surface area contributed by atoms with Gasteiger partial charge in [-0.15, -0.1) is 0 Å². The first-order valence-electron chi connectivity index (χ1n) is 4.61. The van der Waals surface area contributed by atoms with Crippen LogP contribution in [0.25, 0.3) is 22.4 Å². The highest BCUT2D eigenvalue weighted by atomic mass is 16.5. The summed E-state index contributed by atoms with van der Waals surface area (Å²) in [5.74, 6) is 1.40. The van der Waals surface area contributed by atoms with E-state index < -0.39 is 0 Å². The molecule has 74 valence electrons. The first kappa shape index (κ1) is 8.23. The summed E-state index contributed by atoms with van der Waals surface area (Å²) < 4.78 is 10.4. The number of hydrogen-bond acceptors (Lipinski definition) is 4. The molecule has 0 unspecified atom stereocenters. The van der Waals surface area contributed by atoms with Crippen molar-refractivity contribution in [1.82, 2.24) is 10.1 Å². The van der Waals surface area contributed by atoms with Crippen LogP contribution in [0.1, 0.15) is 5.89 Å². The molecule has 0 spiro atoms. The Bertz CT molecular complexity index is 596. The molecule has 2 heterocycles. The highest BCUT2D eigenvalue weighted by Crippen LogP contribution is 2.24. The number of nitrogens with zero attached hydrogens (tertiary/aromatic N) is 2. The Morgan fingerprint density at radius 2 is 2.13 bits per heavy atom. The maximum Gasteiger partial charge on any atom is 0.192 e. The lowest BCUT2D eigenvalue weighted by Crippen LogP contribution is -1.74. The molecule has 0 aliphatic heterocycles. The van der Waals surface area contributed by atoms with Gasteiger partial charge in [0, 0.05) is 18.6 Å². The number of aromatic nitrogens is 2. The average molecular weight is 200 g/mol. The van der Waals surface area contributed by atoms with E-state index >= 15 is 0 Å². The van der Waals surface area contributed by atoms with Gasteiger partial charge in [-0.05, 0) is 18.2 Å². The van der Waals surface area contributed by atoms with Crippen molar-refractivity contribution < 1.29 is 8.94 Å². The number of hydrogen-bond donors (Lipinski definition) is 0. The van der Waals surface area contributed by atoms with Crippen molar-refractivity contribution in [3.8, 4) is 11.3 Å². The van der Waals surface area contributed by atoms with E-state index in [1.807, 2.05) is 31.2 Å². The first-order valence-corrected chi connectivity index (χ1v) is 4.61. The van der Waals surface area contributed by atoms with Crippen molar-refractivity contribution >= 4 is 11.1 Å². The Morgan fingerprint density at radius 1 is 1.20 bits per heavy atom. The molecule has 2 aromatic heterocycles. The predicted molar refractivity (Wildman–Crippen MR) is 54.2 cm³/mol. The van der Waals surface area contributed by atoms with E-state index in [4.69, 9.17) is 8.94 Å². The van der Waals surface area contributed by atoms with Gasteiger partial charge >= 0.3 is 0 Å². The minimum Gasteiger partial charge on any atom is -0.441 e. The van der Waals surface area contributed by atoms with Gasteiger partial charge in [0.15, 0.2) is 17.2 Å². The molecule has 0 aliphatic carbocycles. The van der Waals surface area contributed by atoms with Crippen molar-refractivity contribution in [2.45, 2.75) is 6.92 Å². The Hall–Kier alpha value is -2.10. The lowest BCUT2D eigenvalue weighted by molar-refractivity contribution is 0.432. The van der Waals surface area contributed by atoms with Crippen LogP contribution in [0, 0.1) is 6.92 Å². The Balaban J connectivity index is 2.21. The third-order valence-corrected chi connectivity index (χ3v) is 2.22. The summed E-state index contributed by atoms with van der Waals surface area (Å²) in [7, 11) is 0. The van der Waals surface area contributed by atoms with E-state index in [0.29, 0.717) is 5.89 Å². The molecule has 0 amide bonds. The topological polar surface area (TPSA) is 52.1 Å². The van der Waals surface area contributed by atoms with Crippen LogP contribution >= 0.6 is 0 Å². The molecule has 3 aromatic rings. The highest BCUT2D eigenvalue weighted by molar-refractivity contribution is 5.78. The van der Waals surface area contributed by atoms with Gasteiger partial charge in [0.25, 0.3) is 0 Å². The monoisotopic (exact) mass is 200 g/mol. The molecule has 0 saturated carbocycles. The number of rotatable bonds is 1. The Morgan fingerprint density at radius 3 is 2.93 bits per heavy atom. The van der Waals surface area contributed by atoms with E-state index in [1.54, 1.807) is 6.20 Å². The summed E-state index contributed by atoms with van der Waals surface area (Å²) in [5, 5.41) is 3.66. The third-order valence-electron chi connectivity index (χ3n) is 2.22. The number of oxazole rings is 1.